The standard InChI is InChI=1S/C12H13NO/c14-7-13-12-10-5-6-11(12)9-4-2-1-3-8(9)10/h1-4,7,10-12H,5-6H2,(H,13,14)/t10-,11+,12?. The molecule has 0 aromatic heterocycles. The maximum absolute atomic E-state index is 10.5. The lowest BCUT2D eigenvalue weighted by Gasteiger charge is -2.13. The smallest absolute Gasteiger partial charge is 0.207 e. The van der Waals surface area contributed by atoms with Crippen LogP contribution in [0.4, 0.5) is 0 Å². The van der Waals surface area contributed by atoms with E-state index >= 15 is 0 Å². The van der Waals surface area contributed by atoms with Crippen molar-refractivity contribution in [3.05, 3.63) is 35.4 Å². The molecule has 2 heteroatoms. The molecule has 14 heavy (non-hydrogen) atoms. The highest BCUT2D eigenvalue weighted by Crippen LogP contribution is 2.52. The van der Waals surface area contributed by atoms with Gasteiger partial charge in [-0.2, -0.15) is 0 Å². The van der Waals surface area contributed by atoms with Gasteiger partial charge in [-0.05, 0) is 24.0 Å². The molecule has 1 N–H and O–H groups in total. The number of hydrogen-bond acceptors (Lipinski definition) is 1. The normalized spacial score (nSPS) is 32.7. The molecule has 1 aromatic carbocycles. The number of fused-ring (bicyclic) bond motifs is 5. The molecule has 0 radical (unpaired) electrons. The van der Waals surface area contributed by atoms with Gasteiger partial charge in [0, 0.05) is 17.9 Å². The Kier molecular flexibility index (Phi) is 1.63. The van der Waals surface area contributed by atoms with Crippen molar-refractivity contribution >= 4 is 6.41 Å². The average molecular weight is 187 g/mol. The van der Waals surface area contributed by atoms with Crippen molar-refractivity contribution in [3.63, 3.8) is 0 Å². The number of nitrogens with one attached hydrogen (secondary N) is 1. The van der Waals surface area contributed by atoms with Crippen molar-refractivity contribution in [2.45, 2.75) is 30.7 Å². The van der Waals surface area contributed by atoms with Crippen molar-refractivity contribution in [1.82, 2.24) is 5.32 Å². The van der Waals surface area contributed by atoms with Gasteiger partial charge in [0.25, 0.3) is 0 Å². The first-order chi connectivity index (χ1) is 6.92. The van der Waals surface area contributed by atoms with E-state index in [9.17, 15) is 4.79 Å². The lowest BCUT2D eigenvalue weighted by Crippen LogP contribution is -2.30. The third-order valence-electron chi connectivity index (χ3n) is 3.71. The molecule has 1 fully saturated rings. The second-order valence-electron chi connectivity index (χ2n) is 4.23. The molecule has 3 rings (SSSR count). The fourth-order valence-corrected chi connectivity index (χ4v) is 3.19. The van der Waals surface area contributed by atoms with Crippen molar-refractivity contribution in [2.75, 3.05) is 0 Å². The molecule has 2 aliphatic rings. The summed E-state index contributed by atoms with van der Waals surface area (Å²) in [6.45, 7) is 0. The highest BCUT2D eigenvalue weighted by Gasteiger charge is 2.45. The largest absolute Gasteiger partial charge is 0.355 e. The van der Waals surface area contributed by atoms with E-state index in [1.165, 1.54) is 24.0 Å². The Bertz CT molecular complexity index is 343. The molecule has 0 saturated heterocycles. The lowest BCUT2D eigenvalue weighted by atomic mass is 9.92. The van der Waals surface area contributed by atoms with Gasteiger partial charge in [0.1, 0.15) is 0 Å². The number of rotatable bonds is 2. The minimum absolute atomic E-state index is 0.366. The van der Waals surface area contributed by atoms with E-state index in [2.05, 4.69) is 29.6 Å². The van der Waals surface area contributed by atoms with Gasteiger partial charge in [0.05, 0.1) is 0 Å². The quantitative estimate of drug-likeness (QED) is 0.702. The van der Waals surface area contributed by atoms with E-state index in [0.717, 1.165) is 6.41 Å². The Balaban J connectivity index is 2.04. The fourth-order valence-electron chi connectivity index (χ4n) is 3.19. The topological polar surface area (TPSA) is 29.1 Å². The first-order valence-corrected chi connectivity index (χ1v) is 5.20. The Hall–Kier alpha value is -1.31. The molecule has 3 atom stereocenters. The van der Waals surface area contributed by atoms with E-state index in [0.29, 0.717) is 17.9 Å². The van der Waals surface area contributed by atoms with Crippen LogP contribution in [0, 0.1) is 0 Å². The van der Waals surface area contributed by atoms with Gasteiger partial charge in [-0.1, -0.05) is 24.3 Å². The van der Waals surface area contributed by atoms with Crippen molar-refractivity contribution in [1.29, 1.82) is 0 Å². The monoisotopic (exact) mass is 187 g/mol. The number of amides is 1. The van der Waals surface area contributed by atoms with Crippen LogP contribution < -0.4 is 5.32 Å². The predicted molar refractivity (Wildman–Crippen MR) is 54.1 cm³/mol. The van der Waals surface area contributed by atoms with E-state index in [4.69, 9.17) is 0 Å². The Morgan fingerprint density at radius 2 is 1.71 bits per heavy atom. The van der Waals surface area contributed by atoms with Gasteiger partial charge in [0.15, 0.2) is 0 Å². The molecular weight excluding hydrogens is 174 g/mol. The molecular formula is C12H13NO. The van der Waals surface area contributed by atoms with Crippen LogP contribution in [0.25, 0.3) is 0 Å². The average Bonchev–Trinajstić information content (AvgIpc) is 2.75. The van der Waals surface area contributed by atoms with Crippen LogP contribution in [0.15, 0.2) is 24.3 Å². The number of carbonyl (C=O) groups excluding carboxylic acids is 1. The van der Waals surface area contributed by atoms with Crippen molar-refractivity contribution in [3.8, 4) is 0 Å². The second kappa shape index (κ2) is 2.84. The van der Waals surface area contributed by atoms with E-state index in [-0.39, 0.29) is 0 Å². The minimum atomic E-state index is 0.366. The van der Waals surface area contributed by atoms with E-state index in [1.807, 2.05) is 0 Å². The summed E-state index contributed by atoms with van der Waals surface area (Å²) >= 11 is 0. The van der Waals surface area contributed by atoms with E-state index < -0.39 is 0 Å². The molecule has 1 saturated carbocycles. The molecule has 1 amide bonds. The zero-order chi connectivity index (χ0) is 9.54. The summed E-state index contributed by atoms with van der Waals surface area (Å²) in [5, 5.41) is 2.97. The molecule has 1 unspecified atom stereocenters. The van der Waals surface area contributed by atoms with Crippen LogP contribution in [-0.2, 0) is 4.79 Å². The molecule has 2 bridgehead atoms. The zero-order valence-electron chi connectivity index (χ0n) is 7.94. The Morgan fingerprint density at radius 3 is 2.21 bits per heavy atom. The first-order valence-electron chi connectivity index (χ1n) is 5.20. The Labute approximate surface area is 83.3 Å². The molecule has 72 valence electrons. The van der Waals surface area contributed by atoms with Crippen molar-refractivity contribution in [2.24, 2.45) is 0 Å². The minimum Gasteiger partial charge on any atom is -0.355 e. The molecule has 2 nitrogen and oxygen atoms in total. The summed E-state index contributed by atoms with van der Waals surface area (Å²) in [6.07, 6.45) is 3.31. The van der Waals surface area contributed by atoms with Crippen LogP contribution in [0.3, 0.4) is 0 Å². The van der Waals surface area contributed by atoms with Gasteiger partial charge in [-0.25, -0.2) is 0 Å². The van der Waals surface area contributed by atoms with Crippen LogP contribution in [-0.4, -0.2) is 12.5 Å². The summed E-state index contributed by atoms with van der Waals surface area (Å²) < 4.78 is 0. The third kappa shape index (κ3) is 0.884. The van der Waals surface area contributed by atoms with Crippen molar-refractivity contribution < 1.29 is 4.79 Å². The van der Waals surface area contributed by atoms with Gasteiger partial charge in [0.2, 0.25) is 6.41 Å². The number of hydrogen-bond donors (Lipinski definition) is 1. The van der Waals surface area contributed by atoms with Crippen LogP contribution in [0.2, 0.25) is 0 Å². The molecule has 1 aromatic rings. The molecule has 2 aliphatic carbocycles. The number of benzene rings is 1. The first kappa shape index (κ1) is 8.04. The fraction of sp³-hybridized carbons (Fsp3) is 0.417. The van der Waals surface area contributed by atoms with Crippen LogP contribution >= 0.6 is 0 Å². The highest BCUT2D eigenvalue weighted by molar-refractivity contribution is 5.52. The summed E-state index contributed by atoms with van der Waals surface area (Å²) in [4.78, 5) is 10.5. The summed E-state index contributed by atoms with van der Waals surface area (Å²) in [6, 6.07) is 8.97. The summed E-state index contributed by atoms with van der Waals surface area (Å²) in [5.41, 5.74) is 2.92. The zero-order valence-corrected chi connectivity index (χ0v) is 7.94. The van der Waals surface area contributed by atoms with E-state index in [1.54, 1.807) is 0 Å². The van der Waals surface area contributed by atoms with Crippen LogP contribution in [0.1, 0.15) is 35.8 Å². The lowest BCUT2D eigenvalue weighted by molar-refractivity contribution is -0.110. The second-order valence-corrected chi connectivity index (χ2v) is 4.23. The molecule has 0 aliphatic heterocycles. The SMILES string of the molecule is O=CNC1[C@@H]2CC[C@H]1c1ccccc12. The van der Waals surface area contributed by atoms with Gasteiger partial charge >= 0.3 is 0 Å². The number of carbonyl (C=O) groups is 1. The highest BCUT2D eigenvalue weighted by atomic mass is 16.1. The Morgan fingerprint density at radius 1 is 1.14 bits per heavy atom. The molecule has 0 spiro atoms. The molecule has 0 heterocycles. The van der Waals surface area contributed by atoms with Gasteiger partial charge in [-0.15, -0.1) is 0 Å². The predicted octanol–water partition coefficient (Wildman–Crippen LogP) is 1.78. The maximum Gasteiger partial charge on any atom is 0.207 e. The van der Waals surface area contributed by atoms with Gasteiger partial charge in [-0.3, -0.25) is 4.79 Å². The maximum atomic E-state index is 10.5. The van der Waals surface area contributed by atoms with Gasteiger partial charge < -0.3 is 5.32 Å². The summed E-state index contributed by atoms with van der Waals surface area (Å²) in [5.74, 6) is 1.14. The van der Waals surface area contributed by atoms with Crippen LogP contribution in [0.5, 0.6) is 0 Å². The third-order valence-corrected chi connectivity index (χ3v) is 3.71. The summed E-state index contributed by atoms with van der Waals surface area (Å²) in [7, 11) is 0.